The fourth-order valence-corrected chi connectivity index (χ4v) is 3.05. The lowest BCUT2D eigenvalue weighted by molar-refractivity contribution is 0.0952. The topological polar surface area (TPSA) is 55.8 Å². The molecule has 1 aromatic rings. The number of nitrogens with zero attached hydrogens (tertiary/aromatic N) is 2. The van der Waals surface area contributed by atoms with Gasteiger partial charge < -0.3 is 15.3 Å². The lowest BCUT2D eigenvalue weighted by atomic mass is 9.97. The first-order valence-electron chi connectivity index (χ1n) is 8.93. The minimum absolute atomic E-state index is 0.00377. The molecule has 1 aliphatic rings. The van der Waals surface area contributed by atoms with Gasteiger partial charge in [0.15, 0.2) is 0 Å². The van der Waals surface area contributed by atoms with Crippen molar-refractivity contribution in [1.29, 1.82) is 0 Å². The predicted octanol–water partition coefficient (Wildman–Crippen LogP) is 1.57. The van der Waals surface area contributed by atoms with Gasteiger partial charge in [-0.05, 0) is 76.6 Å². The molecule has 1 aromatic carbocycles. The molecule has 1 fully saturated rings. The Kier molecular flexibility index (Phi) is 7.69. The Bertz CT molecular complexity index is 494. The summed E-state index contributed by atoms with van der Waals surface area (Å²) in [6, 6.07) is 7.92. The third-order valence-corrected chi connectivity index (χ3v) is 4.66. The van der Waals surface area contributed by atoms with Crippen molar-refractivity contribution in [2.75, 3.05) is 46.9 Å². The number of hydrogen-bond acceptors (Lipinski definition) is 4. The Hall–Kier alpha value is -1.43. The fourth-order valence-electron chi connectivity index (χ4n) is 3.05. The molecule has 1 amide bonds. The van der Waals surface area contributed by atoms with Gasteiger partial charge in [-0.2, -0.15) is 0 Å². The van der Waals surface area contributed by atoms with Crippen LogP contribution in [0.15, 0.2) is 24.3 Å². The molecule has 0 aromatic heterocycles. The maximum Gasteiger partial charge on any atom is 0.251 e. The number of nitrogens with one attached hydrogen (secondary N) is 1. The molecule has 0 bridgehead atoms. The molecule has 0 saturated carbocycles. The molecular formula is C19H31N3O2. The van der Waals surface area contributed by atoms with Gasteiger partial charge in [-0.3, -0.25) is 9.69 Å². The third kappa shape index (κ3) is 6.23. The molecule has 1 aliphatic heterocycles. The van der Waals surface area contributed by atoms with Gasteiger partial charge in [-0.15, -0.1) is 0 Å². The van der Waals surface area contributed by atoms with E-state index in [4.69, 9.17) is 0 Å². The SMILES string of the molecule is CN(C)CCCNC(=O)c1ccc(CN2CCC(CO)CC2)cc1. The van der Waals surface area contributed by atoms with E-state index in [1.807, 2.05) is 38.4 Å². The van der Waals surface area contributed by atoms with Crippen molar-refractivity contribution < 1.29 is 9.90 Å². The second kappa shape index (κ2) is 9.77. The van der Waals surface area contributed by atoms with Crippen molar-refractivity contribution in [3.63, 3.8) is 0 Å². The van der Waals surface area contributed by atoms with Gasteiger partial charge in [0, 0.05) is 25.3 Å². The van der Waals surface area contributed by atoms with Crippen LogP contribution >= 0.6 is 0 Å². The van der Waals surface area contributed by atoms with Crippen LogP contribution in [0.1, 0.15) is 35.2 Å². The summed E-state index contributed by atoms with van der Waals surface area (Å²) in [5.74, 6) is 0.476. The van der Waals surface area contributed by atoms with Crippen molar-refractivity contribution in [1.82, 2.24) is 15.1 Å². The maximum absolute atomic E-state index is 12.1. The van der Waals surface area contributed by atoms with Crippen LogP contribution in [-0.2, 0) is 6.54 Å². The second-order valence-corrected chi connectivity index (χ2v) is 7.01. The zero-order chi connectivity index (χ0) is 17.4. The molecule has 1 heterocycles. The minimum Gasteiger partial charge on any atom is -0.396 e. The molecule has 2 N–H and O–H groups in total. The molecule has 2 rings (SSSR count). The quantitative estimate of drug-likeness (QED) is 0.709. The number of hydrogen-bond donors (Lipinski definition) is 2. The van der Waals surface area contributed by atoms with Gasteiger partial charge in [0.2, 0.25) is 0 Å². The van der Waals surface area contributed by atoms with E-state index < -0.39 is 0 Å². The van der Waals surface area contributed by atoms with Crippen LogP contribution in [0.4, 0.5) is 0 Å². The Labute approximate surface area is 145 Å². The standard InChI is InChI=1S/C19H31N3O2/c1-21(2)11-3-10-20-19(24)18-6-4-16(5-7-18)14-22-12-8-17(15-23)9-13-22/h4-7,17,23H,3,8-15H2,1-2H3,(H,20,24). The Morgan fingerprint density at radius 2 is 1.92 bits per heavy atom. The van der Waals surface area contributed by atoms with E-state index in [2.05, 4.69) is 15.1 Å². The maximum atomic E-state index is 12.1. The summed E-state index contributed by atoms with van der Waals surface area (Å²) in [5.41, 5.74) is 1.96. The van der Waals surface area contributed by atoms with E-state index in [9.17, 15) is 9.90 Å². The van der Waals surface area contributed by atoms with E-state index in [0.717, 1.165) is 51.0 Å². The number of aliphatic hydroxyl groups is 1. The lowest BCUT2D eigenvalue weighted by Gasteiger charge is -2.31. The summed E-state index contributed by atoms with van der Waals surface area (Å²) in [4.78, 5) is 16.6. The number of piperidine rings is 1. The number of carbonyl (C=O) groups excluding carboxylic acids is 1. The van der Waals surface area contributed by atoms with E-state index >= 15 is 0 Å². The van der Waals surface area contributed by atoms with E-state index in [-0.39, 0.29) is 5.91 Å². The highest BCUT2D eigenvalue weighted by molar-refractivity contribution is 5.94. The number of amides is 1. The summed E-state index contributed by atoms with van der Waals surface area (Å²) in [7, 11) is 4.07. The highest BCUT2D eigenvalue weighted by Crippen LogP contribution is 2.18. The molecule has 134 valence electrons. The average Bonchev–Trinajstić information content (AvgIpc) is 2.59. The van der Waals surface area contributed by atoms with Crippen LogP contribution in [0.2, 0.25) is 0 Å². The number of aliphatic hydroxyl groups excluding tert-OH is 1. The smallest absolute Gasteiger partial charge is 0.251 e. The first kappa shape index (κ1) is 18.9. The average molecular weight is 333 g/mol. The second-order valence-electron chi connectivity index (χ2n) is 7.01. The van der Waals surface area contributed by atoms with Gasteiger partial charge in [0.1, 0.15) is 0 Å². The molecule has 1 saturated heterocycles. The number of benzene rings is 1. The van der Waals surface area contributed by atoms with Crippen LogP contribution in [-0.4, -0.2) is 67.7 Å². The van der Waals surface area contributed by atoms with Crippen LogP contribution in [0.5, 0.6) is 0 Å². The Balaban J connectivity index is 1.75. The molecule has 24 heavy (non-hydrogen) atoms. The van der Waals surface area contributed by atoms with Gasteiger partial charge in [0.25, 0.3) is 5.91 Å². The van der Waals surface area contributed by atoms with Gasteiger partial charge in [-0.25, -0.2) is 0 Å². The summed E-state index contributed by atoms with van der Waals surface area (Å²) in [6.45, 7) is 5.00. The molecule has 0 aliphatic carbocycles. The summed E-state index contributed by atoms with van der Waals surface area (Å²) < 4.78 is 0. The molecular weight excluding hydrogens is 302 g/mol. The summed E-state index contributed by atoms with van der Waals surface area (Å²) in [6.07, 6.45) is 3.11. The lowest BCUT2D eigenvalue weighted by Crippen LogP contribution is -2.34. The first-order valence-corrected chi connectivity index (χ1v) is 8.93. The minimum atomic E-state index is 0.00377. The molecule has 5 nitrogen and oxygen atoms in total. The van der Waals surface area contributed by atoms with Gasteiger partial charge >= 0.3 is 0 Å². The zero-order valence-corrected chi connectivity index (χ0v) is 15.0. The molecule has 0 atom stereocenters. The molecule has 0 spiro atoms. The van der Waals surface area contributed by atoms with E-state index in [1.165, 1.54) is 5.56 Å². The van der Waals surface area contributed by atoms with Crippen molar-refractivity contribution in [3.8, 4) is 0 Å². The summed E-state index contributed by atoms with van der Waals surface area (Å²) in [5, 5.41) is 12.2. The predicted molar refractivity (Wildman–Crippen MR) is 97.0 cm³/mol. The summed E-state index contributed by atoms with van der Waals surface area (Å²) >= 11 is 0. The molecule has 0 unspecified atom stereocenters. The highest BCUT2D eigenvalue weighted by Gasteiger charge is 2.18. The van der Waals surface area contributed by atoms with Gasteiger partial charge in [0.05, 0.1) is 0 Å². The van der Waals surface area contributed by atoms with Crippen molar-refractivity contribution in [2.24, 2.45) is 5.92 Å². The first-order chi connectivity index (χ1) is 11.6. The fraction of sp³-hybridized carbons (Fsp3) is 0.632. The van der Waals surface area contributed by atoms with E-state index in [0.29, 0.717) is 19.1 Å². The third-order valence-electron chi connectivity index (χ3n) is 4.66. The normalized spacial score (nSPS) is 16.5. The van der Waals surface area contributed by atoms with Gasteiger partial charge in [-0.1, -0.05) is 12.1 Å². The number of rotatable bonds is 8. The van der Waals surface area contributed by atoms with Crippen LogP contribution in [0.3, 0.4) is 0 Å². The monoisotopic (exact) mass is 333 g/mol. The van der Waals surface area contributed by atoms with Crippen molar-refractivity contribution in [3.05, 3.63) is 35.4 Å². The van der Waals surface area contributed by atoms with Crippen LogP contribution in [0, 0.1) is 5.92 Å². The molecule has 5 heteroatoms. The van der Waals surface area contributed by atoms with E-state index in [1.54, 1.807) is 0 Å². The van der Waals surface area contributed by atoms with Crippen molar-refractivity contribution >= 4 is 5.91 Å². The Morgan fingerprint density at radius 3 is 2.50 bits per heavy atom. The van der Waals surface area contributed by atoms with Crippen molar-refractivity contribution in [2.45, 2.75) is 25.8 Å². The highest BCUT2D eigenvalue weighted by atomic mass is 16.3. The molecule has 0 radical (unpaired) electrons. The number of carbonyl (C=O) groups is 1. The van der Waals surface area contributed by atoms with Crippen LogP contribution in [0.25, 0.3) is 0 Å². The largest absolute Gasteiger partial charge is 0.396 e. The zero-order valence-electron chi connectivity index (χ0n) is 15.0. The Morgan fingerprint density at radius 1 is 1.25 bits per heavy atom. The number of likely N-dealkylation sites (tertiary alicyclic amines) is 1. The van der Waals surface area contributed by atoms with Crippen LogP contribution < -0.4 is 5.32 Å².